The van der Waals surface area contributed by atoms with Gasteiger partial charge in [-0.1, -0.05) is 0 Å². The highest BCUT2D eigenvalue weighted by Gasteiger charge is 2.50. The third-order valence-electron chi connectivity index (χ3n) is 3.27. The minimum absolute atomic E-state index is 0.0975. The molecule has 14 heavy (non-hydrogen) atoms. The molecule has 0 aromatic heterocycles. The van der Waals surface area contributed by atoms with Crippen molar-refractivity contribution in [1.29, 1.82) is 0 Å². The maximum Gasteiger partial charge on any atom is 0.165 e. The molecule has 0 atom stereocenters. The lowest BCUT2D eigenvalue weighted by atomic mass is 9.89. The average molecular weight is 196 g/mol. The Bertz CT molecular complexity index is 397. The second-order valence-electron chi connectivity index (χ2n) is 4.11. The lowest BCUT2D eigenvalue weighted by Gasteiger charge is -2.26. The van der Waals surface area contributed by atoms with Gasteiger partial charge in [-0.05, 0) is 31.4 Å². The summed E-state index contributed by atoms with van der Waals surface area (Å²) in [5.74, 6) is -0.611. The van der Waals surface area contributed by atoms with E-state index in [2.05, 4.69) is 0 Å². The smallest absolute Gasteiger partial charge is 0.165 e. The number of rotatable bonds is 0. The monoisotopic (exact) mass is 196 g/mol. The van der Waals surface area contributed by atoms with Crippen LogP contribution in [0.5, 0.6) is 5.75 Å². The first-order valence-electron chi connectivity index (χ1n) is 4.84. The molecule has 3 rings (SSSR count). The highest BCUT2D eigenvalue weighted by molar-refractivity contribution is 5.46. The molecule has 1 heterocycles. The molecule has 0 bridgehead atoms. The molecule has 0 radical (unpaired) electrons. The molecule has 0 saturated heterocycles. The van der Waals surface area contributed by atoms with Gasteiger partial charge in [0, 0.05) is 11.0 Å². The van der Waals surface area contributed by atoms with Gasteiger partial charge in [0.25, 0.3) is 0 Å². The molecule has 0 N–H and O–H groups in total. The van der Waals surface area contributed by atoms with Gasteiger partial charge in [0.1, 0.15) is 5.82 Å². The Kier molecular flexibility index (Phi) is 1.45. The molecular formula is C11H10F2O. The van der Waals surface area contributed by atoms with Gasteiger partial charge in [-0.15, -0.1) is 0 Å². The van der Waals surface area contributed by atoms with Crippen LogP contribution in [0.4, 0.5) is 8.78 Å². The van der Waals surface area contributed by atoms with E-state index in [1.807, 2.05) is 0 Å². The van der Waals surface area contributed by atoms with Gasteiger partial charge in [-0.3, -0.25) is 0 Å². The highest BCUT2D eigenvalue weighted by Crippen LogP contribution is 2.57. The van der Waals surface area contributed by atoms with Gasteiger partial charge in [0.05, 0.1) is 6.61 Å². The molecule has 1 fully saturated rings. The summed E-state index contributed by atoms with van der Waals surface area (Å²) in [5.41, 5.74) is 0.378. The van der Waals surface area contributed by atoms with Crippen LogP contribution < -0.4 is 4.74 Å². The van der Waals surface area contributed by atoms with E-state index < -0.39 is 5.82 Å². The Hall–Kier alpha value is -1.12. The first kappa shape index (κ1) is 8.21. The topological polar surface area (TPSA) is 9.23 Å². The molecule has 3 heteroatoms. The molecule has 1 aromatic carbocycles. The minimum Gasteiger partial charge on any atom is -0.490 e. The summed E-state index contributed by atoms with van der Waals surface area (Å²) in [6.07, 6.45) is 2.74. The quantitative estimate of drug-likeness (QED) is 0.620. The number of hydrogen-bond acceptors (Lipinski definition) is 1. The van der Waals surface area contributed by atoms with Crippen LogP contribution in [-0.2, 0) is 5.41 Å². The van der Waals surface area contributed by atoms with Crippen LogP contribution in [0.1, 0.15) is 24.8 Å². The van der Waals surface area contributed by atoms with Crippen LogP contribution in [0.25, 0.3) is 0 Å². The Morgan fingerprint density at radius 1 is 1.07 bits per heavy atom. The molecule has 0 unspecified atom stereocenters. The average Bonchev–Trinajstić information content (AvgIpc) is 2.92. The molecule has 1 nitrogen and oxygen atoms in total. The van der Waals surface area contributed by atoms with E-state index in [0.717, 1.165) is 25.3 Å². The van der Waals surface area contributed by atoms with Crippen LogP contribution in [0, 0.1) is 11.6 Å². The zero-order valence-electron chi connectivity index (χ0n) is 7.65. The van der Waals surface area contributed by atoms with E-state index in [0.29, 0.717) is 12.2 Å². The van der Waals surface area contributed by atoms with Crippen molar-refractivity contribution in [2.45, 2.75) is 24.7 Å². The predicted octanol–water partition coefficient (Wildman–Crippen LogP) is 2.78. The Labute approximate surface area is 80.7 Å². The molecule has 1 spiro atoms. The van der Waals surface area contributed by atoms with Crippen molar-refractivity contribution >= 4 is 0 Å². The number of fused-ring (bicyclic) bond motifs is 2. The molecule has 74 valence electrons. The second kappa shape index (κ2) is 2.47. The normalized spacial score (nSPS) is 21.6. The number of benzene rings is 1. The van der Waals surface area contributed by atoms with Crippen LogP contribution in [0.3, 0.4) is 0 Å². The van der Waals surface area contributed by atoms with E-state index in [1.165, 1.54) is 6.07 Å². The molecule has 1 aromatic rings. The van der Waals surface area contributed by atoms with E-state index in [4.69, 9.17) is 4.74 Å². The summed E-state index contributed by atoms with van der Waals surface area (Å²) in [7, 11) is 0. The fourth-order valence-electron chi connectivity index (χ4n) is 2.29. The van der Waals surface area contributed by atoms with Crippen molar-refractivity contribution in [2.24, 2.45) is 0 Å². The van der Waals surface area contributed by atoms with Crippen LogP contribution >= 0.6 is 0 Å². The Morgan fingerprint density at radius 2 is 1.79 bits per heavy atom. The molecule has 1 aliphatic heterocycles. The zero-order chi connectivity index (χ0) is 9.76. The molecule has 1 aliphatic carbocycles. The van der Waals surface area contributed by atoms with Crippen molar-refractivity contribution in [2.75, 3.05) is 6.61 Å². The lowest BCUT2D eigenvalue weighted by Crippen LogP contribution is -2.22. The van der Waals surface area contributed by atoms with Crippen LogP contribution in [0.15, 0.2) is 12.1 Å². The van der Waals surface area contributed by atoms with Crippen molar-refractivity contribution in [3.63, 3.8) is 0 Å². The highest BCUT2D eigenvalue weighted by atomic mass is 19.1. The predicted molar refractivity (Wildman–Crippen MR) is 47.4 cm³/mol. The lowest BCUT2D eigenvalue weighted by molar-refractivity contribution is 0.242. The van der Waals surface area contributed by atoms with Gasteiger partial charge in [-0.25, -0.2) is 8.78 Å². The third-order valence-corrected chi connectivity index (χ3v) is 3.27. The Balaban J connectivity index is 2.25. The molecule has 0 amide bonds. The summed E-state index contributed by atoms with van der Waals surface area (Å²) in [4.78, 5) is 0. The molecule has 1 saturated carbocycles. The zero-order valence-corrected chi connectivity index (χ0v) is 7.65. The van der Waals surface area contributed by atoms with Gasteiger partial charge in [0.2, 0.25) is 0 Å². The van der Waals surface area contributed by atoms with E-state index in [-0.39, 0.29) is 17.0 Å². The van der Waals surface area contributed by atoms with E-state index in [9.17, 15) is 8.78 Å². The fourth-order valence-corrected chi connectivity index (χ4v) is 2.29. The standard InChI is InChI=1S/C11H10F2O/c12-7-1-2-8(13)10-9(7)11(3-4-11)5-6-14-10/h1-2H,3-6H2. The largest absolute Gasteiger partial charge is 0.490 e. The first-order valence-corrected chi connectivity index (χ1v) is 4.84. The maximum absolute atomic E-state index is 13.5. The van der Waals surface area contributed by atoms with Crippen molar-refractivity contribution in [3.8, 4) is 5.75 Å². The first-order chi connectivity index (χ1) is 6.73. The Morgan fingerprint density at radius 3 is 2.50 bits per heavy atom. The van der Waals surface area contributed by atoms with E-state index >= 15 is 0 Å². The van der Waals surface area contributed by atoms with Gasteiger partial charge in [0.15, 0.2) is 11.6 Å². The number of ether oxygens (including phenoxy) is 1. The molecule has 2 aliphatic rings. The third kappa shape index (κ3) is 0.925. The summed E-state index contributed by atoms with van der Waals surface area (Å²) in [5, 5.41) is 0. The summed E-state index contributed by atoms with van der Waals surface area (Å²) >= 11 is 0. The van der Waals surface area contributed by atoms with E-state index in [1.54, 1.807) is 0 Å². The molecular weight excluding hydrogens is 186 g/mol. The van der Waals surface area contributed by atoms with Crippen molar-refractivity contribution in [1.82, 2.24) is 0 Å². The minimum atomic E-state index is -0.438. The van der Waals surface area contributed by atoms with Gasteiger partial charge < -0.3 is 4.74 Å². The fraction of sp³-hybridized carbons (Fsp3) is 0.455. The number of halogens is 2. The van der Waals surface area contributed by atoms with Gasteiger partial charge >= 0.3 is 0 Å². The second-order valence-corrected chi connectivity index (χ2v) is 4.11. The van der Waals surface area contributed by atoms with Crippen molar-refractivity contribution < 1.29 is 13.5 Å². The summed E-state index contributed by atoms with van der Waals surface area (Å²) in [6, 6.07) is 2.33. The maximum atomic E-state index is 13.5. The van der Waals surface area contributed by atoms with Crippen molar-refractivity contribution in [3.05, 3.63) is 29.3 Å². The SMILES string of the molecule is Fc1ccc(F)c2c1OCCC21CC1. The summed E-state index contributed by atoms with van der Waals surface area (Å²) < 4.78 is 32.1. The van der Waals surface area contributed by atoms with Gasteiger partial charge in [-0.2, -0.15) is 0 Å². The van der Waals surface area contributed by atoms with Crippen LogP contribution in [-0.4, -0.2) is 6.61 Å². The van der Waals surface area contributed by atoms with Crippen LogP contribution in [0.2, 0.25) is 0 Å². The summed E-state index contributed by atoms with van der Waals surface area (Å²) in [6.45, 7) is 0.507. The number of hydrogen-bond donors (Lipinski definition) is 0.